The number of amides is 2. The number of alkyl carbamates (subject to hydrolysis) is 1. The van der Waals surface area contributed by atoms with Gasteiger partial charge in [0.25, 0.3) is 0 Å². The zero-order valence-electron chi connectivity index (χ0n) is 19.7. The van der Waals surface area contributed by atoms with Gasteiger partial charge in [-0.15, -0.1) is 0 Å². The molecule has 0 saturated heterocycles. The van der Waals surface area contributed by atoms with E-state index < -0.39 is 12.1 Å². The summed E-state index contributed by atoms with van der Waals surface area (Å²) in [4.78, 5) is 35.3. The SMILES string of the molecule is O=C(CCOCCNC(=O)OCC1c2ccccc2-c2ccccc21)NCC1CCCC1C(=O)O. The van der Waals surface area contributed by atoms with Crippen LogP contribution in [0.3, 0.4) is 0 Å². The van der Waals surface area contributed by atoms with Crippen molar-refractivity contribution in [1.29, 1.82) is 0 Å². The number of hydrogen-bond donors (Lipinski definition) is 3. The zero-order valence-corrected chi connectivity index (χ0v) is 19.7. The number of carboxylic acid groups (broad SMARTS) is 1. The van der Waals surface area contributed by atoms with E-state index in [0.29, 0.717) is 13.0 Å². The maximum absolute atomic E-state index is 12.2. The van der Waals surface area contributed by atoms with Crippen molar-refractivity contribution in [2.45, 2.75) is 31.6 Å². The Bertz CT molecular complexity index is 1010. The van der Waals surface area contributed by atoms with E-state index in [4.69, 9.17) is 9.47 Å². The highest BCUT2D eigenvalue weighted by atomic mass is 16.5. The van der Waals surface area contributed by atoms with Crippen molar-refractivity contribution in [3.05, 3.63) is 59.7 Å². The van der Waals surface area contributed by atoms with E-state index in [2.05, 4.69) is 34.9 Å². The molecule has 2 atom stereocenters. The van der Waals surface area contributed by atoms with Gasteiger partial charge in [0.15, 0.2) is 0 Å². The Hall–Kier alpha value is -3.39. The molecule has 0 radical (unpaired) electrons. The first kappa shape index (κ1) is 24.7. The van der Waals surface area contributed by atoms with Crippen molar-refractivity contribution >= 4 is 18.0 Å². The first-order valence-corrected chi connectivity index (χ1v) is 12.2. The lowest BCUT2D eigenvalue weighted by atomic mass is 9.96. The predicted octanol–water partition coefficient (Wildman–Crippen LogP) is 3.55. The molecule has 0 heterocycles. The Morgan fingerprint density at radius 3 is 2.29 bits per heavy atom. The molecule has 3 N–H and O–H groups in total. The fraction of sp³-hybridized carbons (Fsp3) is 0.444. The molecule has 1 saturated carbocycles. The third kappa shape index (κ3) is 6.19. The highest BCUT2D eigenvalue weighted by molar-refractivity contribution is 5.79. The first-order valence-electron chi connectivity index (χ1n) is 12.2. The quantitative estimate of drug-likeness (QED) is 0.424. The summed E-state index contributed by atoms with van der Waals surface area (Å²) in [6, 6.07) is 16.3. The second-order valence-electron chi connectivity index (χ2n) is 9.05. The van der Waals surface area contributed by atoms with Gasteiger partial charge in [0.05, 0.1) is 19.1 Å². The number of benzene rings is 2. The summed E-state index contributed by atoms with van der Waals surface area (Å²) in [6.45, 7) is 1.41. The number of nitrogens with one attached hydrogen (secondary N) is 2. The van der Waals surface area contributed by atoms with E-state index in [1.807, 2.05) is 24.3 Å². The Morgan fingerprint density at radius 2 is 1.60 bits per heavy atom. The monoisotopic (exact) mass is 480 g/mol. The molecule has 2 aliphatic rings. The second kappa shape index (κ2) is 11.8. The lowest BCUT2D eigenvalue weighted by Gasteiger charge is -2.16. The van der Waals surface area contributed by atoms with Crippen molar-refractivity contribution in [1.82, 2.24) is 10.6 Å². The van der Waals surface area contributed by atoms with Crippen LogP contribution in [0.4, 0.5) is 4.79 Å². The highest BCUT2D eigenvalue weighted by Gasteiger charge is 2.33. The zero-order chi connectivity index (χ0) is 24.6. The van der Waals surface area contributed by atoms with Gasteiger partial charge in [-0.05, 0) is 41.0 Å². The Morgan fingerprint density at radius 1 is 0.914 bits per heavy atom. The predicted molar refractivity (Wildman–Crippen MR) is 130 cm³/mol. The van der Waals surface area contributed by atoms with Crippen LogP contribution in [0.15, 0.2) is 48.5 Å². The van der Waals surface area contributed by atoms with Crippen LogP contribution < -0.4 is 10.6 Å². The lowest BCUT2D eigenvalue weighted by Crippen LogP contribution is -2.33. The number of fused-ring (bicyclic) bond motifs is 3. The van der Waals surface area contributed by atoms with Crippen molar-refractivity contribution in [2.75, 3.05) is 32.9 Å². The standard InChI is InChI=1S/C27H32N2O6/c30-25(29-16-18-6-5-11-19(18)26(31)32)12-14-34-15-13-28-27(33)35-17-24-22-9-3-1-7-20(22)21-8-2-4-10-23(21)24/h1-4,7-10,18-19,24H,5-6,11-17H2,(H,28,33)(H,29,30)(H,31,32). The van der Waals surface area contributed by atoms with Crippen LogP contribution >= 0.6 is 0 Å². The average Bonchev–Trinajstić information content (AvgIpc) is 3.46. The molecule has 0 aromatic heterocycles. The summed E-state index contributed by atoms with van der Waals surface area (Å²) >= 11 is 0. The molecule has 0 bridgehead atoms. The van der Waals surface area contributed by atoms with Crippen molar-refractivity contribution in [3.8, 4) is 11.1 Å². The number of ether oxygens (including phenoxy) is 2. The van der Waals surface area contributed by atoms with Crippen LogP contribution in [0.5, 0.6) is 0 Å². The van der Waals surface area contributed by atoms with E-state index in [9.17, 15) is 19.5 Å². The molecule has 2 amide bonds. The first-order chi connectivity index (χ1) is 17.0. The van der Waals surface area contributed by atoms with Gasteiger partial charge in [0.2, 0.25) is 5.91 Å². The molecule has 35 heavy (non-hydrogen) atoms. The van der Waals surface area contributed by atoms with Gasteiger partial charge in [0.1, 0.15) is 6.61 Å². The Balaban J connectivity index is 1.09. The third-order valence-corrected chi connectivity index (χ3v) is 6.87. The summed E-state index contributed by atoms with van der Waals surface area (Å²) in [5, 5.41) is 14.7. The van der Waals surface area contributed by atoms with Gasteiger partial charge in [-0.2, -0.15) is 0 Å². The Labute approximate surface area is 205 Å². The lowest BCUT2D eigenvalue weighted by molar-refractivity contribution is -0.143. The molecule has 4 rings (SSSR count). The molecule has 186 valence electrons. The topological polar surface area (TPSA) is 114 Å². The van der Waals surface area contributed by atoms with Crippen LogP contribution in [-0.4, -0.2) is 56.0 Å². The van der Waals surface area contributed by atoms with Gasteiger partial charge in [0, 0.05) is 25.4 Å². The summed E-state index contributed by atoms with van der Waals surface area (Å²) in [5.74, 6) is -1.30. The van der Waals surface area contributed by atoms with E-state index in [0.717, 1.165) is 24.0 Å². The van der Waals surface area contributed by atoms with E-state index in [-0.39, 0.29) is 56.4 Å². The van der Waals surface area contributed by atoms with Crippen LogP contribution in [0.1, 0.15) is 42.7 Å². The smallest absolute Gasteiger partial charge is 0.407 e. The fourth-order valence-corrected chi connectivity index (χ4v) is 5.08. The number of rotatable bonds is 11. The van der Waals surface area contributed by atoms with Crippen LogP contribution in [0.25, 0.3) is 11.1 Å². The minimum absolute atomic E-state index is 0.00114. The van der Waals surface area contributed by atoms with Gasteiger partial charge in [-0.1, -0.05) is 55.0 Å². The second-order valence-corrected chi connectivity index (χ2v) is 9.05. The largest absolute Gasteiger partial charge is 0.481 e. The third-order valence-electron chi connectivity index (χ3n) is 6.87. The van der Waals surface area contributed by atoms with Gasteiger partial charge in [-0.25, -0.2) is 4.79 Å². The van der Waals surface area contributed by atoms with Gasteiger partial charge < -0.3 is 25.2 Å². The van der Waals surface area contributed by atoms with Crippen molar-refractivity contribution in [3.63, 3.8) is 0 Å². The molecular weight excluding hydrogens is 448 g/mol. The summed E-state index contributed by atoms with van der Waals surface area (Å²) in [5.41, 5.74) is 4.68. The molecule has 8 heteroatoms. The van der Waals surface area contributed by atoms with E-state index in [1.54, 1.807) is 0 Å². The highest BCUT2D eigenvalue weighted by Crippen LogP contribution is 2.44. The molecule has 2 aromatic rings. The number of carboxylic acids is 1. The van der Waals surface area contributed by atoms with E-state index in [1.165, 1.54) is 11.1 Å². The molecule has 2 aromatic carbocycles. The van der Waals surface area contributed by atoms with Gasteiger partial charge >= 0.3 is 12.1 Å². The average molecular weight is 481 g/mol. The van der Waals surface area contributed by atoms with Crippen LogP contribution in [0, 0.1) is 11.8 Å². The molecule has 0 spiro atoms. The fourth-order valence-electron chi connectivity index (χ4n) is 5.08. The number of aliphatic carboxylic acids is 1. The number of carbonyl (C=O) groups excluding carboxylic acids is 2. The van der Waals surface area contributed by atoms with E-state index >= 15 is 0 Å². The molecule has 2 unspecified atom stereocenters. The van der Waals surface area contributed by atoms with Crippen LogP contribution in [-0.2, 0) is 19.1 Å². The maximum atomic E-state index is 12.2. The summed E-state index contributed by atoms with van der Waals surface area (Å²) in [6.07, 6.45) is 2.08. The van der Waals surface area contributed by atoms with Crippen LogP contribution in [0.2, 0.25) is 0 Å². The summed E-state index contributed by atoms with van der Waals surface area (Å²) in [7, 11) is 0. The molecule has 2 aliphatic carbocycles. The van der Waals surface area contributed by atoms with Gasteiger partial charge in [-0.3, -0.25) is 9.59 Å². The molecule has 0 aliphatic heterocycles. The molecule has 8 nitrogen and oxygen atoms in total. The normalized spacial score (nSPS) is 18.5. The summed E-state index contributed by atoms with van der Waals surface area (Å²) < 4.78 is 10.9. The minimum Gasteiger partial charge on any atom is -0.481 e. The van der Waals surface area contributed by atoms with Crippen molar-refractivity contribution in [2.24, 2.45) is 11.8 Å². The van der Waals surface area contributed by atoms with Crippen molar-refractivity contribution < 1.29 is 29.0 Å². The Kier molecular flexibility index (Phi) is 8.36. The number of hydrogen-bond acceptors (Lipinski definition) is 5. The maximum Gasteiger partial charge on any atom is 0.407 e. The molecular formula is C27H32N2O6. The minimum atomic E-state index is -0.783. The molecule has 1 fully saturated rings. The number of carbonyl (C=O) groups is 3.